The van der Waals surface area contributed by atoms with Gasteiger partial charge in [0.25, 0.3) is 5.91 Å². The molecule has 0 spiro atoms. The van der Waals surface area contributed by atoms with Crippen LogP contribution in [0.1, 0.15) is 28.8 Å². The molecular weight excluding hydrogens is 667 g/mol. The summed E-state index contributed by atoms with van der Waals surface area (Å²) in [4.78, 5) is 51.0. The number of anilines is 2. The Balaban J connectivity index is 0.000000178. The van der Waals surface area contributed by atoms with Crippen molar-refractivity contribution in [2.75, 3.05) is 76.3 Å². The van der Waals surface area contributed by atoms with Crippen LogP contribution in [0, 0.1) is 0 Å². The van der Waals surface area contributed by atoms with Gasteiger partial charge in [-0.2, -0.15) is 0 Å². The van der Waals surface area contributed by atoms with Crippen molar-refractivity contribution in [2.45, 2.75) is 12.8 Å². The molecule has 0 radical (unpaired) electrons. The zero-order valence-electron chi connectivity index (χ0n) is 28.4. The zero-order valence-corrected chi connectivity index (χ0v) is 30.0. The summed E-state index contributed by atoms with van der Waals surface area (Å²) in [7, 11) is 4.30. The molecule has 0 aliphatic carbocycles. The number of aldehydes is 1. The predicted octanol–water partition coefficient (Wildman–Crippen LogP) is 4.87. The largest absolute Gasteiger partial charge is 0.354 e. The molecule has 2 aromatic carbocycles. The van der Waals surface area contributed by atoms with Crippen LogP contribution in [0.3, 0.4) is 0 Å². The van der Waals surface area contributed by atoms with E-state index in [-0.39, 0.29) is 5.91 Å². The van der Waals surface area contributed by atoms with Gasteiger partial charge in [-0.25, -0.2) is 9.97 Å². The van der Waals surface area contributed by atoms with Crippen LogP contribution >= 0.6 is 24.0 Å². The van der Waals surface area contributed by atoms with Gasteiger partial charge in [-0.15, -0.1) is 0 Å². The number of nitrogens with zero attached hydrogens (tertiary/aromatic N) is 8. The third-order valence-corrected chi connectivity index (χ3v) is 9.93. The third-order valence-electron chi connectivity index (χ3n) is 8.77. The van der Waals surface area contributed by atoms with Gasteiger partial charge in [0.2, 0.25) is 0 Å². The van der Waals surface area contributed by atoms with Crippen molar-refractivity contribution in [1.82, 2.24) is 35.1 Å². The molecule has 0 saturated carbocycles. The summed E-state index contributed by atoms with van der Waals surface area (Å²) in [6, 6.07) is 15.4. The minimum Gasteiger partial charge on any atom is -0.354 e. The number of hydrogen-bond donors (Lipinski definition) is 1. The summed E-state index contributed by atoms with van der Waals surface area (Å²) in [6.45, 7) is 8.18. The molecule has 3 saturated heterocycles. The first kappa shape index (κ1) is 35.3. The van der Waals surface area contributed by atoms with E-state index in [0.717, 1.165) is 111 Å². The highest BCUT2D eigenvalue weighted by atomic mass is 32.2. The number of carbonyl (C=O) groups is 2. The summed E-state index contributed by atoms with van der Waals surface area (Å²) < 4.78 is 0.495. The second-order valence-electron chi connectivity index (χ2n) is 12.5. The maximum Gasteiger partial charge on any atom is 0.263 e. The molecule has 50 heavy (non-hydrogen) atoms. The van der Waals surface area contributed by atoms with Gasteiger partial charge in [0.1, 0.15) is 22.2 Å². The van der Waals surface area contributed by atoms with E-state index in [2.05, 4.69) is 49.0 Å². The highest BCUT2D eigenvalue weighted by molar-refractivity contribution is 8.26. The first-order valence-corrected chi connectivity index (χ1v) is 18.0. The average molecular weight is 708 g/mol. The van der Waals surface area contributed by atoms with Crippen LogP contribution in [0.4, 0.5) is 11.6 Å². The lowest BCUT2D eigenvalue weighted by Crippen LogP contribution is -2.29. The van der Waals surface area contributed by atoms with Gasteiger partial charge in [0.15, 0.2) is 0 Å². The van der Waals surface area contributed by atoms with E-state index in [1.54, 1.807) is 18.5 Å². The molecule has 1 N–H and O–H groups in total. The molecule has 5 heterocycles. The van der Waals surface area contributed by atoms with Gasteiger partial charge in [0.05, 0.1) is 41.1 Å². The maximum atomic E-state index is 11.9. The Morgan fingerprint density at radius 2 is 1.26 bits per heavy atom. The number of likely N-dealkylation sites (N-methyl/N-ethyl adjacent to an activating group) is 2. The number of thiocarbonyl (C=S) groups is 1. The van der Waals surface area contributed by atoms with Gasteiger partial charge in [-0.3, -0.25) is 19.6 Å². The molecule has 2 aromatic heterocycles. The first-order chi connectivity index (χ1) is 24.3. The van der Waals surface area contributed by atoms with Crippen LogP contribution in [-0.2, 0) is 4.79 Å². The van der Waals surface area contributed by atoms with E-state index in [1.165, 1.54) is 11.8 Å². The van der Waals surface area contributed by atoms with Gasteiger partial charge >= 0.3 is 0 Å². The Kier molecular flexibility index (Phi) is 11.9. The molecule has 0 atom stereocenters. The molecule has 258 valence electrons. The highest BCUT2D eigenvalue weighted by Crippen LogP contribution is 2.28. The van der Waals surface area contributed by atoms with Crippen molar-refractivity contribution in [3.8, 4) is 22.5 Å². The topological polar surface area (TPSA) is 111 Å². The number of amides is 1. The molecule has 3 aliphatic heterocycles. The molecule has 3 fully saturated rings. The summed E-state index contributed by atoms with van der Waals surface area (Å²) in [5.41, 5.74) is 5.12. The Morgan fingerprint density at radius 3 is 1.78 bits per heavy atom. The SMILES string of the molecule is CN1CCCN(c2cncc(-c3cccc(/C=C4\SC(=S)NC4=O)c3)n2)CC1.CN1CCCN(c2cncc(-c3cccc(C=O)c3)n2)CC1. The lowest BCUT2D eigenvalue weighted by molar-refractivity contribution is -0.115. The van der Waals surface area contributed by atoms with E-state index >= 15 is 0 Å². The number of hydrogen-bond acceptors (Lipinski definition) is 12. The van der Waals surface area contributed by atoms with E-state index in [0.29, 0.717) is 14.8 Å². The van der Waals surface area contributed by atoms with Crippen LogP contribution in [0.15, 0.2) is 78.2 Å². The number of nitrogens with one attached hydrogen (secondary N) is 1. The molecular formula is C37H41N9O2S2. The average Bonchev–Trinajstić information content (AvgIpc) is 3.30. The van der Waals surface area contributed by atoms with Crippen molar-refractivity contribution >= 4 is 58.2 Å². The standard InChI is InChI=1S/C20H21N5OS2.C17H20N4O/c1-24-6-3-7-25(9-8-24)18-13-21-12-16(22-18)15-5-2-4-14(10-15)11-17-19(26)23-20(27)28-17;1-20-6-3-7-21(9-8-20)17-12-18-11-16(19-17)15-5-2-4-14(10-15)13-22/h2,4-5,10-13H,3,6-9H2,1H3,(H,23,26,27);2,4-5,10-13H,3,6-9H2,1H3/b17-11-;. The Bertz CT molecular complexity index is 1870. The van der Waals surface area contributed by atoms with Gasteiger partial charge < -0.3 is 24.9 Å². The third kappa shape index (κ3) is 9.36. The molecule has 11 nitrogen and oxygen atoms in total. The minimum atomic E-state index is -0.145. The number of benzene rings is 2. The van der Waals surface area contributed by atoms with Crippen LogP contribution in [0.2, 0.25) is 0 Å². The van der Waals surface area contributed by atoms with Crippen molar-refractivity contribution in [3.05, 3.63) is 89.4 Å². The van der Waals surface area contributed by atoms with E-state index in [4.69, 9.17) is 22.2 Å². The Hall–Kier alpha value is -4.56. The normalized spacial score (nSPS) is 18.2. The van der Waals surface area contributed by atoms with Crippen molar-refractivity contribution in [2.24, 2.45) is 0 Å². The van der Waals surface area contributed by atoms with Crippen LogP contribution in [-0.4, -0.2) is 113 Å². The van der Waals surface area contributed by atoms with Crippen molar-refractivity contribution in [3.63, 3.8) is 0 Å². The lowest BCUT2D eigenvalue weighted by atomic mass is 10.1. The molecule has 4 aromatic rings. The van der Waals surface area contributed by atoms with Crippen LogP contribution in [0.5, 0.6) is 0 Å². The molecule has 1 amide bonds. The Morgan fingerprint density at radius 1 is 0.720 bits per heavy atom. The van der Waals surface area contributed by atoms with Gasteiger partial charge in [0, 0.05) is 56.0 Å². The quantitative estimate of drug-likeness (QED) is 0.168. The fraction of sp³-hybridized carbons (Fsp3) is 0.324. The van der Waals surface area contributed by atoms with E-state index in [1.807, 2.05) is 60.9 Å². The summed E-state index contributed by atoms with van der Waals surface area (Å²) in [5.74, 6) is 1.67. The summed E-state index contributed by atoms with van der Waals surface area (Å²) in [6.07, 6.45) is 12.1. The van der Waals surface area contributed by atoms with Crippen LogP contribution < -0.4 is 15.1 Å². The van der Waals surface area contributed by atoms with Crippen LogP contribution in [0.25, 0.3) is 28.6 Å². The fourth-order valence-corrected chi connectivity index (χ4v) is 7.02. The second kappa shape index (κ2) is 16.9. The first-order valence-electron chi connectivity index (χ1n) is 16.8. The smallest absolute Gasteiger partial charge is 0.263 e. The monoisotopic (exact) mass is 707 g/mol. The maximum absolute atomic E-state index is 11.9. The number of carbonyl (C=O) groups excluding carboxylic acids is 2. The number of aromatic nitrogens is 4. The predicted molar refractivity (Wildman–Crippen MR) is 205 cm³/mol. The minimum absolute atomic E-state index is 0.145. The highest BCUT2D eigenvalue weighted by Gasteiger charge is 2.22. The molecule has 3 aliphatic rings. The zero-order chi connectivity index (χ0) is 34.9. The lowest BCUT2D eigenvalue weighted by Gasteiger charge is -2.21. The molecule has 0 bridgehead atoms. The fourth-order valence-electron chi connectivity index (χ4n) is 5.98. The van der Waals surface area contributed by atoms with Gasteiger partial charge in [-0.1, -0.05) is 60.4 Å². The molecule has 13 heteroatoms. The summed E-state index contributed by atoms with van der Waals surface area (Å²) in [5, 5.41) is 2.64. The van der Waals surface area contributed by atoms with Gasteiger partial charge in [-0.05, 0) is 63.8 Å². The van der Waals surface area contributed by atoms with E-state index in [9.17, 15) is 9.59 Å². The number of rotatable bonds is 6. The number of thioether (sulfide) groups is 1. The molecule has 7 rings (SSSR count). The Labute approximate surface area is 302 Å². The molecule has 0 unspecified atom stereocenters. The summed E-state index contributed by atoms with van der Waals surface area (Å²) >= 11 is 6.34. The second-order valence-corrected chi connectivity index (χ2v) is 14.3. The van der Waals surface area contributed by atoms with E-state index < -0.39 is 0 Å². The van der Waals surface area contributed by atoms with Crippen molar-refractivity contribution in [1.29, 1.82) is 0 Å². The van der Waals surface area contributed by atoms with Crippen molar-refractivity contribution < 1.29 is 9.59 Å².